The molecule has 0 spiro atoms. The number of hydrogen-bond acceptors (Lipinski definition) is 2. The predicted octanol–water partition coefficient (Wildman–Crippen LogP) is 3.22. The minimum atomic E-state index is 0.0121. The summed E-state index contributed by atoms with van der Waals surface area (Å²) in [6.45, 7) is 6.77. The Bertz CT molecular complexity index is 558. The van der Waals surface area contributed by atoms with Crippen LogP contribution in [-0.2, 0) is 6.54 Å². The lowest BCUT2D eigenvalue weighted by molar-refractivity contribution is 0.656. The van der Waals surface area contributed by atoms with E-state index < -0.39 is 0 Å². The van der Waals surface area contributed by atoms with Crippen LogP contribution in [0.25, 0.3) is 0 Å². The van der Waals surface area contributed by atoms with Gasteiger partial charge in [-0.2, -0.15) is 5.10 Å². The van der Waals surface area contributed by atoms with Crippen LogP contribution in [0, 0.1) is 13.8 Å². The molecule has 3 nitrogen and oxygen atoms in total. The van der Waals surface area contributed by atoms with Gasteiger partial charge in [-0.15, -0.1) is 0 Å². The molecule has 18 heavy (non-hydrogen) atoms. The SMILES string of the molecule is Cc1nn(Cc2cccc(Cl)c2)c(C)c1C(C)N. The first-order valence-corrected chi connectivity index (χ1v) is 6.40. The maximum Gasteiger partial charge on any atom is 0.0663 e. The minimum Gasteiger partial charge on any atom is -0.324 e. The zero-order chi connectivity index (χ0) is 13.3. The summed E-state index contributed by atoms with van der Waals surface area (Å²) in [5.74, 6) is 0. The monoisotopic (exact) mass is 263 g/mol. The van der Waals surface area contributed by atoms with E-state index in [2.05, 4.69) is 12.0 Å². The molecule has 1 aromatic heterocycles. The first kappa shape index (κ1) is 13.1. The van der Waals surface area contributed by atoms with Gasteiger partial charge < -0.3 is 5.73 Å². The molecule has 1 unspecified atom stereocenters. The summed E-state index contributed by atoms with van der Waals surface area (Å²) in [4.78, 5) is 0. The predicted molar refractivity (Wildman–Crippen MR) is 74.9 cm³/mol. The molecule has 2 aromatic rings. The third kappa shape index (κ3) is 2.57. The third-order valence-electron chi connectivity index (χ3n) is 3.11. The molecule has 0 aliphatic rings. The highest BCUT2D eigenvalue weighted by Gasteiger charge is 2.14. The molecule has 1 aromatic carbocycles. The first-order valence-electron chi connectivity index (χ1n) is 6.03. The minimum absolute atomic E-state index is 0.0121. The topological polar surface area (TPSA) is 43.8 Å². The van der Waals surface area contributed by atoms with Crippen molar-refractivity contribution in [3.05, 3.63) is 51.8 Å². The summed E-state index contributed by atoms with van der Waals surface area (Å²) in [6, 6.07) is 7.85. The lowest BCUT2D eigenvalue weighted by Crippen LogP contribution is -2.09. The van der Waals surface area contributed by atoms with Crippen molar-refractivity contribution in [2.24, 2.45) is 5.73 Å². The molecule has 0 amide bonds. The Morgan fingerprint density at radius 3 is 2.67 bits per heavy atom. The van der Waals surface area contributed by atoms with Crippen LogP contribution in [0.5, 0.6) is 0 Å². The zero-order valence-corrected chi connectivity index (χ0v) is 11.7. The fraction of sp³-hybridized carbons (Fsp3) is 0.357. The van der Waals surface area contributed by atoms with Crippen LogP contribution in [0.1, 0.15) is 35.5 Å². The number of benzene rings is 1. The summed E-state index contributed by atoms with van der Waals surface area (Å²) >= 11 is 5.99. The van der Waals surface area contributed by atoms with E-state index in [1.807, 2.05) is 42.8 Å². The van der Waals surface area contributed by atoms with Crippen LogP contribution in [0.4, 0.5) is 0 Å². The lowest BCUT2D eigenvalue weighted by atomic mass is 10.1. The number of aromatic nitrogens is 2. The number of aryl methyl sites for hydroxylation is 1. The molecule has 96 valence electrons. The van der Waals surface area contributed by atoms with Gasteiger partial charge in [0.1, 0.15) is 0 Å². The smallest absolute Gasteiger partial charge is 0.0663 e. The van der Waals surface area contributed by atoms with E-state index in [1.54, 1.807) is 0 Å². The van der Waals surface area contributed by atoms with E-state index in [9.17, 15) is 0 Å². The number of hydrogen-bond donors (Lipinski definition) is 1. The second-order valence-corrected chi connectivity index (χ2v) is 5.10. The molecule has 0 bridgehead atoms. The second-order valence-electron chi connectivity index (χ2n) is 4.66. The summed E-state index contributed by atoms with van der Waals surface area (Å²) in [6.07, 6.45) is 0. The van der Waals surface area contributed by atoms with Crippen LogP contribution in [0.15, 0.2) is 24.3 Å². The first-order chi connectivity index (χ1) is 8.49. The van der Waals surface area contributed by atoms with Crippen LogP contribution >= 0.6 is 11.6 Å². The molecular weight excluding hydrogens is 246 g/mol. The molecule has 0 aliphatic carbocycles. The summed E-state index contributed by atoms with van der Waals surface area (Å²) in [7, 11) is 0. The van der Waals surface area contributed by atoms with Crippen molar-refractivity contribution >= 4 is 11.6 Å². The molecule has 0 aliphatic heterocycles. The van der Waals surface area contributed by atoms with Gasteiger partial charge in [-0.3, -0.25) is 4.68 Å². The summed E-state index contributed by atoms with van der Waals surface area (Å²) in [5.41, 5.74) is 10.4. The second kappa shape index (κ2) is 5.12. The summed E-state index contributed by atoms with van der Waals surface area (Å²) in [5, 5.41) is 5.30. The van der Waals surface area contributed by atoms with Crippen molar-refractivity contribution in [1.29, 1.82) is 0 Å². The average molecular weight is 264 g/mol. The maximum absolute atomic E-state index is 5.99. The van der Waals surface area contributed by atoms with Crippen molar-refractivity contribution in [3.8, 4) is 0 Å². The van der Waals surface area contributed by atoms with Crippen LogP contribution < -0.4 is 5.73 Å². The molecule has 0 saturated heterocycles. The normalized spacial score (nSPS) is 12.7. The largest absolute Gasteiger partial charge is 0.324 e. The van der Waals surface area contributed by atoms with Gasteiger partial charge in [0, 0.05) is 22.3 Å². The van der Waals surface area contributed by atoms with E-state index >= 15 is 0 Å². The van der Waals surface area contributed by atoms with Gasteiger partial charge in [-0.1, -0.05) is 23.7 Å². The quantitative estimate of drug-likeness (QED) is 0.924. The Morgan fingerprint density at radius 1 is 1.39 bits per heavy atom. The highest BCUT2D eigenvalue weighted by atomic mass is 35.5. The Kier molecular flexibility index (Phi) is 3.73. The standard InChI is InChI=1S/C14H18ClN3/c1-9(16)14-10(2)17-18(11(14)3)8-12-5-4-6-13(15)7-12/h4-7,9H,8,16H2,1-3H3. The number of nitrogens with zero attached hydrogens (tertiary/aromatic N) is 2. The van der Waals surface area contributed by atoms with E-state index in [0.29, 0.717) is 0 Å². The van der Waals surface area contributed by atoms with Crippen molar-refractivity contribution in [2.45, 2.75) is 33.4 Å². The number of halogens is 1. The highest BCUT2D eigenvalue weighted by Crippen LogP contribution is 2.20. The van der Waals surface area contributed by atoms with E-state index in [0.717, 1.165) is 34.1 Å². The average Bonchev–Trinajstić information content (AvgIpc) is 2.54. The molecule has 1 atom stereocenters. The molecule has 0 fully saturated rings. The fourth-order valence-electron chi connectivity index (χ4n) is 2.33. The lowest BCUT2D eigenvalue weighted by Gasteiger charge is -2.08. The van der Waals surface area contributed by atoms with Crippen molar-refractivity contribution in [1.82, 2.24) is 9.78 Å². The van der Waals surface area contributed by atoms with Gasteiger partial charge in [0.2, 0.25) is 0 Å². The molecular formula is C14H18ClN3. The number of nitrogens with two attached hydrogens (primary N) is 1. The summed E-state index contributed by atoms with van der Waals surface area (Å²) < 4.78 is 1.99. The molecule has 2 N–H and O–H groups in total. The van der Waals surface area contributed by atoms with E-state index in [1.165, 1.54) is 0 Å². The van der Waals surface area contributed by atoms with Gasteiger partial charge >= 0.3 is 0 Å². The Labute approximate surface area is 113 Å². The fourth-order valence-corrected chi connectivity index (χ4v) is 2.54. The van der Waals surface area contributed by atoms with Crippen molar-refractivity contribution < 1.29 is 0 Å². The van der Waals surface area contributed by atoms with Crippen molar-refractivity contribution in [2.75, 3.05) is 0 Å². The third-order valence-corrected chi connectivity index (χ3v) is 3.35. The molecule has 4 heteroatoms. The van der Waals surface area contributed by atoms with E-state index in [-0.39, 0.29) is 6.04 Å². The maximum atomic E-state index is 5.99. The Balaban J connectivity index is 2.33. The number of rotatable bonds is 3. The molecule has 0 radical (unpaired) electrons. The Morgan fingerprint density at radius 2 is 2.11 bits per heavy atom. The van der Waals surface area contributed by atoms with Crippen LogP contribution in [0.3, 0.4) is 0 Å². The van der Waals surface area contributed by atoms with Crippen LogP contribution in [0.2, 0.25) is 5.02 Å². The van der Waals surface area contributed by atoms with Crippen LogP contribution in [-0.4, -0.2) is 9.78 Å². The highest BCUT2D eigenvalue weighted by molar-refractivity contribution is 6.30. The molecule has 1 heterocycles. The molecule has 2 rings (SSSR count). The zero-order valence-electron chi connectivity index (χ0n) is 10.9. The Hall–Kier alpha value is -1.32. The van der Waals surface area contributed by atoms with E-state index in [4.69, 9.17) is 17.3 Å². The van der Waals surface area contributed by atoms with Crippen molar-refractivity contribution in [3.63, 3.8) is 0 Å². The van der Waals surface area contributed by atoms with Gasteiger partial charge in [0.25, 0.3) is 0 Å². The molecule has 0 saturated carbocycles. The van der Waals surface area contributed by atoms with Gasteiger partial charge in [0.05, 0.1) is 12.2 Å². The van der Waals surface area contributed by atoms with Gasteiger partial charge in [0.15, 0.2) is 0 Å². The van der Waals surface area contributed by atoms with Gasteiger partial charge in [-0.05, 0) is 38.5 Å². The van der Waals surface area contributed by atoms with Gasteiger partial charge in [-0.25, -0.2) is 0 Å².